The number of rotatable bonds is 16. The molecule has 7 rings (SSSR count). The molecule has 1 N–H and O–H groups in total. The Kier molecular flexibility index (Phi) is 22.3. The van der Waals surface area contributed by atoms with Crippen molar-refractivity contribution in [2.75, 3.05) is 48.7 Å². The zero-order chi connectivity index (χ0) is 62.3. The molecular weight excluding hydrogens is 1110 g/mol. The first-order valence-corrected chi connectivity index (χ1v) is 27.5. The van der Waals surface area contributed by atoms with Crippen LogP contribution >= 0.6 is 24.4 Å². The predicted octanol–water partition coefficient (Wildman–Crippen LogP) is 13.5. The van der Waals surface area contributed by atoms with Crippen LogP contribution in [0.5, 0.6) is 11.8 Å². The Balaban J connectivity index is 0.000000263. The minimum absolute atomic E-state index is 0.00911. The van der Waals surface area contributed by atoms with Crippen molar-refractivity contribution in [2.24, 2.45) is 4.99 Å². The molecule has 1 aliphatic rings. The third-order valence-electron chi connectivity index (χ3n) is 12.0. The number of benzene rings is 4. The Bertz CT molecular complexity index is 3580. The molecule has 23 heteroatoms. The first kappa shape index (κ1) is 65.9. The fraction of sp³-hybridized carbons (Fsp3) is 0.410. The summed E-state index contributed by atoms with van der Waals surface area (Å²) < 4.78 is 37.0. The number of carbonyl (C=O) groups excluding carboxylic acids is 4. The van der Waals surface area contributed by atoms with Gasteiger partial charge in [0.05, 0.1) is 52.9 Å². The summed E-state index contributed by atoms with van der Waals surface area (Å²) in [6.07, 6.45) is -0.297. The van der Waals surface area contributed by atoms with Crippen molar-refractivity contribution in [1.82, 2.24) is 19.9 Å². The number of isothiocyanates is 1. The highest BCUT2D eigenvalue weighted by atomic mass is 32.1. The van der Waals surface area contributed by atoms with E-state index in [9.17, 15) is 19.2 Å². The summed E-state index contributed by atoms with van der Waals surface area (Å²) in [6.45, 7) is 39.5. The number of aliphatic imine (C=N–C) groups is 1. The van der Waals surface area contributed by atoms with E-state index in [2.05, 4.69) is 57.3 Å². The SMILES string of the molecule is CCc1nc(OCCOC(=O)OC(C)(C)C)c2cc(NC(C)(C)C(=O)OC)ccc2n1.[C-]#[N+]c1ccc(N2C(=O)C(C)(C)N(c3ccc4nc(CC)nc(OCCOC(=O)OC(C)(C)C)c4c3)C2=S)cc1C.[C-]#[N+]c1ccc(N=C=S)cc1C. The number of ether oxygens (including phenoxy) is 7. The van der Waals surface area contributed by atoms with E-state index >= 15 is 0 Å². The highest BCUT2D eigenvalue weighted by Gasteiger charge is 2.50. The molecule has 1 saturated heterocycles. The number of anilines is 3. The number of carbonyl (C=O) groups is 4. The molecule has 84 heavy (non-hydrogen) atoms. The molecule has 0 saturated carbocycles. The standard InChI is InChI=1S/C30H33N5O5S.C22H31N3O6.C9H6N2S/c1-9-24-32-23-13-11-20(17-21(23)25(33-24)38-14-15-39-28(37)40-29(3,4)5)35-27(41)34(26(36)30(35,6)7)19-10-12-22(31-8)18(2)16-19;1-8-17-23-16-10-9-14(25-22(5,6)19(26)28-7)13-15(16)18(24-17)29-11-12-30-20(27)31-21(2,3)4;1-7-5-8(11-6-12)3-4-9(7)10-2/h10-13,16-17H,9,14-15H2,1-7H3;9-10,13,25H,8,11-12H2,1-7H3;3-5H,1H3. The summed E-state index contributed by atoms with van der Waals surface area (Å²) in [6, 6.07) is 21.5. The molecule has 0 atom stereocenters. The number of hydrogen-bond donors (Lipinski definition) is 1. The second kappa shape index (κ2) is 28.4. The van der Waals surface area contributed by atoms with Crippen molar-refractivity contribution in [3.63, 3.8) is 0 Å². The third-order valence-corrected chi connectivity index (χ3v) is 12.5. The number of thiocarbonyl (C=S) groups is 2. The Morgan fingerprint density at radius 2 is 1.18 bits per heavy atom. The number of aryl methyl sites for hydroxylation is 4. The Morgan fingerprint density at radius 1 is 0.690 bits per heavy atom. The molecule has 1 fully saturated rings. The van der Waals surface area contributed by atoms with E-state index in [1.807, 2.05) is 84.0 Å². The van der Waals surface area contributed by atoms with Gasteiger partial charge in [-0.2, -0.15) is 15.0 Å². The molecule has 0 unspecified atom stereocenters. The fourth-order valence-corrected chi connectivity index (χ4v) is 8.66. The number of aromatic nitrogens is 4. The molecule has 6 aromatic rings. The topological polar surface area (TPSA) is 224 Å². The van der Waals surface area contributed by atoms with Gasteiger partial charge in [-0.25, -0.2) is 34.0 Å². The summed E-state index contributed by atoms with van der Waals surface area (Å²) in [5.41, 5.74) is 3.72. The number of fused-ring (bicyclic) bond motifs is 2. The number of methoxy groups -OCH3 is 1. The molecule has 3 heterocycles. The Hall–Kier alpha value is -8.89. The lowest BCUT2D eigenvalue weighted by molar-refractivity contribution is -0.144. The second-order valence-electron chi connectivity index (χ2n) is 21.8. The number of esters is 1. The molecule has 442 valence electrons. The van der Waals surface area contributed by atoms with Crippen LogP contribution in [0.2, 0.25) is 0 Å². The molecule has 0 radical (unpaired) electrons. The van der Waals surface area contributed by atoms with E-state index < -0.39 is 34.6 Å². The fourth-order valence-electron chi connectivity index (χ4n) is 8.03. The molecule has 1 aliphatic heterocycles. The summed E-state index contributed by atoms with van der Waals surface area (Å²) in [7, 11) is 1.34. The van der Waals surface area contributed by atoms with Gasteiger partial charge >= 0.3 is 18.3 Å². The zero-order valence-electron chi connectivity index (χ0n) is 50.0. The number of nitrogens with zero attached hydrogens (tertiary/aromatic N) is 9. The average molecular weight is 1180 g/mol. The quantitative estimate of drug-likeness (QED) is 0.0237. The van der Waals surface area contributed by atoms with Crippen LogP contribution < -0.4 is 24.6 Å². The van der Waals surface area contributed by atoms with Gasteiger partial charge in [-0.15, -0.1) is 0 Å². The third kappa shape index (κ3) is 17.6. The molecule has 1 amide bonds. The molecule has 0 bridgehead atoms. The summed E-state index contributed by atoms with van der Waals surface area (Å²) in [4.78, 5) is 81.3. The molecule has 0 aliphatic carbocycles. The van der Waals surface area contributed by atoms with Crippen LogP contribution in [0.3, 0.4) is 0 Å². The van der Waals surface area contributed by atoms with Crippen LogP contribution in [0.25, 0.3) is 31.5 Å². The highest BCUT2D eigenvalue weighted by Crippen LogP contribution is 2.40. The first-order chi connectivity index (χ1) is 39.5. The second-order valence-corrected chi connectivity index (χ2v) is 22.3. The van der Waals surface area contributed by atoms with Crippen molar-refractivity contribution in [2.45, 2.75) is 132 Å². The highest BCUT2D eigenvalue weighted by molar-refractivity contribution is 7.81. The van der Waals surface area contributed by atoms with E-state index in [0.717, 1.165) is 16.8 Å². The van der Waals surface area contributed by atoms with Gasteiger partial charge in [-0.3, -0.25) is 9.69 Å². The summed E-state index contributed by atoms with van der Waals surface area (Å²) >= 11 is 10.3. The maximum atomic E-state index is 13.7. The minimum Gasteiger partial charge on any atom is -0.474 e. The van der Waals surface area contributed by atoms with Gasteiger partial charge in [-0.05, 0) is 179 Å². The molecule has 0 spiro atoms. The van der Waals surface area contributed by atoms with Crippen molar-refractivity contribution < 1.29 is 52.3 Å². The van der Waals surface area contributed by atoms with Crippen molar-refractivity contribution >= 4 is 115 Å². The average Bonchev–Trinajstić information content (AvgIpc) is 2.38. The molecule has 2 aromatic heterocycles. The van der Waals surface area contributed by atoms with E-state index in [1.54, 1.807) is 90.6 Å². The van der Waals surface area contributed by atoms with E-state index in [-0.39, 0.29) is 38.3 Å². The predicted molar refractivity (Wildman–Crippen MR) is 329 cm³/mol. The lowest BCUT2D eigenvalue weighted by Gasteiger charge is -2.29. The van der Waals surface area contributed by atoms with Gasteiger partial charge in [0.15, 0.2) is 16.5 Å². The molecule has 4 aromatic carbocycles. The van der Waals surface area contributed by atoms with Crippen molar-refractivity contribution in [3.8, 4) is 11.8 Å². The normalized spacial score (nSPS) is 12.7. The monoisotopic (exact) mass is 1180 g/mol. The lowest BCUT2D eigenvalue weighted by atomic mass is 10.0. The Labute approximate surface area is 500 Å². The Morgan fingerprint density at radius 3 is 1.64 bits per heavy atom. The van der Waals surface area contributed by atoms with Crippen LogP contribution in [-0.4, -0.2) is 110 Å². The zero-order valence-corrected chi connectivity index (χ0v) is 51.6. The van der Waals surface area contributed by atoms with Crippen molar-refractivity contribution in [3.05, 3.63) is 118 Å². The van der Waals surface area contributed by atoms with Gasteiger partial charge in [0.25, 0.3) is 5.91 Å². The number of nitrogens with one attached hydrogen (secondary N) is 1. The number of amides is 1. The molecule has 21 nitrogen and oxygen atoms in total. The largest absolute Gasteiger partial charge is 0.508 e. The van der Waals surface area contributed by atoms with Crippen molar-refractivity contribution in [1.29, 1.82) is 0 Å². The van der Waals surface area contributed by atoms with Gasteiger partial charge in [0, 0.05) is 29.9 Å². The van der Waals surface area contributed by atoms with Crippen LogP contribution in [-0.2, 0) is 46.1 Å². The smallest absolute Gasteiger partial charge is 0.474 e. The van der Waals surface area contributed by atoms with E-state index in [4.69, 9.17) is 58.5 Å². The minimum atomic E-state index is -0.996. The maximum Gasteiger partial charge on any atom is 0.508 e. The molecular formula is C61H70N10O11S2. The van der Waals surface area contributed by atoms with Crippen LogP contribution in [0, 0.1) is 27.0 Å². The van der Waals surface area contributed by atoms with Gasteiger partial charge in [0.2, 0.25) is 11.8 Å². The first-order valence-electron chi connectivity index (χ1n) is 26.7. The van der Waals surface area contributed by atoms with Gasteiger partial charge in [-0.1, -0.05) is 26.0 Å². The van der Waals surface area contributed by atoms with Gasteiger partial charge < -0.3 is 43.4 Å². The van der Waals surface area contributed by atoms with Crippen LogP contribution in [0.4, 0.5) is 43.7 Å². The van der Waals surface area contributed by atoms with Crippen LogP contribution in [0.15, 0.2) is 77.8 Å². The lowest BCUT2D eigenvalue weighted by Crippen LogP contribution is -2.44. The van der Waals surface area contributed by atoms with Gasteiger partial charge in [0.1, 0.15) is 60.4 Å². The summed E-state index contributed by atoms with van der Waals surface area (Å²) in [5, 5.41) is 7.03. The van der Waals surface area contributed by atoms with Crippen LogP contribution in [0.1, 0.15) is 106 Å². The maximum absolute atomic E-state index is 13.7. The van der Waals surface area contributed by atoms with E-state index in [0.29, 0.717) is 91.6 Å². The summed E-state index contributed by atoms with van der Waals surface area (Å²) in [5.74, 6) is 1.36. The number of hydrogen-bond acceptors (Lipinski definition) is 19. The van der Waals surface area contributed by atoms with E-state index in [1.165, 1.54) is 12.0 Å².